The highest BCUT2D eigenvalue weighted by molar-refractivity contribution is 6.30. The maximum absolute atomic E-state index is 13.7. The van der Waals surface area contributed by atoms with E-state index in [1.165, 1.54) is 24.3 Å². The van der Waals surface area contributed by atoms with Crippen LogP contribution in [0.1, 0.15) is 20.7 Å². The molecule has 0 heterocycles. The van der Waals surface area contributed by atoms with Crippen LogP contribution in [0.15, 0.2) is 72.8 Å². The van der Waals surface area contributed by atoms with Crippen LogP contribution in [0.2, 0.25) is 5.02 Å². The Bertz CT molecular complexity index is 958. The standard InChI is InChI=1S/C20H14ClFN2O2/c21-15-8-10-16(11-9-15)23-19(25)13-4-3-5-14(12-13)20(26)24-18-7-2-1-6-17(18)22/h1-12H,(H,23,25)(H,24,26). The summed E-state index contributed by atoms with van der Waals surface area (Å²) in [5, 5.41) is 5.77. The van der Waals surface area contributed by atoms with Gasteiger partial charge < -0.3 is 10.6 Å². The topological polar surface area (TPSA) is 58.2 Å². The van der Waals surface area contributed by atoms with Crippen molar-refractivity contribution in [3.8, 4) is 0 Å². The summed E-state index contributed by atoms with van der Waals surface area (Å²) in [6.45, 7) is 0. The average Bonchev–Trinajstić information content (AvgIpc) is 2.65. The third-order valence-electron chi connectivity index (χ3n) is 3.61. The zero-order valence-corrected chi connectivity index (χ0v) is 14.3. The van der Waals surface area contributed by atoms with Crippen LogP contribution in [0.25, 0.3) is 0 Å². The van der Waals surface area contributed by atoms with Crippen molar-refractivity contribution in [1.29, 1.82) is 0 Å². The van der Waals surface area contributed by atoms with Crippen molar-refractivity contribution in [1.82, 2.24) is 0 Å². The Hall–Kier alpha value is -3.18. The van der Waals surface area contributed by atoms with Gasteiger partial charge in [-0.3, -0.25) is 9.59 Å². The molecule has 2 amide bonds. The average molecular weight is 369 g/mol. The van der Waals surface area contributed by atoms with Crippen LogP contribution >= 0.6 is 11.6 Å². The molecule has 2 N–H and O–H groups in total. The molecule has 6 heteroatoms. The summed E-state index contributed by atoms with van der Waals surface area (Å²) in [5.74, 6) is -1.40. The minimum atomic E-state index is -0.530. The van der Waals surface area contributed by atoms with E-state index in [1.807, 2.05) is 0 Å². The maximum atomic E-state index is 13.7. The van der Waals surface area contributed by atoms with Crippen LogP contribution < -0.4 is 10.6 Å². The number of hydrogen-bond donors (Lipinski definition) is 2. The van der Waals surface area contributed by atoms with Crippen LogP contribution in [0.4, 0.5) is 15.8 Å². The monoisotopic (exact) mass is 368 g/mol. The number of para-hydroxylation sites is 1. The lowest BCUT2D eigenvalue weighted by atomic mass is 10.1. The van der Waals surface area contributed by atoms with Crippen molar-refractivity contribution in [3.63, 3.8) is 0 Å². The largest absolute Gasteiger partial charge is 0.322 e. The number of carbonyl (C=O) groups is 2. The first kappa shape index (κ1) is 17.6. The minimum Gasteiger partial charge on any atom is -0.322 e. The van der Waals surface area contributed by atoms with Crippen molar-refractivity contribution >= 4 is 34.8 Å². The highest BCUT2D eigenvalue weighted by Crippen LogP contribution is 2.17. The predicted molar refractivity (Wildman–Crippen MR) is 100 cm³/mol. The van der Waals surface area contributed by atoms with Gasteiger partial charge in [-0.25, -0.2) is 4.39 Å². The number of amides is 2. The van der Waals surface area contributed by atoms with E-state index in [2.05, 4.69) is 10.6 Å². The second kappa shape index (κ2) is 7.80. The van der Waals surface area contributed by atoms with Crippen molar-refractivity contribution in [2.75, 3.05) is 10.6 Å². The normalized spacial score (nSPS) is 10.2. The molecule has 26 heavy (non-hydrogen) atoms. The van der Waals surface area contributed by atoms with E-state index in [0.29, 0.717) is 16.3 Å². The van der Waals surface area contributed by atoms with Crippen LogP contribution in [-0.2, 0) is 0 Å². The highest BCUT2D eigenvalue weighted by Gasteiger charge is 2.12. The molecule has 4 nitrogen and oxygen atoms in total. The van der Waals surface area contributed by atoms with Gasteiger partial charge in [0.25, 0.3) is 11.8 Å². The lowest BCUT2D eigenvalue weighted by molar-refractivity contribution is 0.102. The van der Waals surface area contributed by atoms with Gasteiger partial charge in [-0.1, -0.05) is 29.8 Å². The van der Waals surface area contributed by atoms with Crippen molar-refractivity contribution in [2.45, 2.75) is 0 Å². The molecule has 0 aliphatic heterocycles. The first-order valence-corrected chi connectivity index (χ1v) is 8.13. The van der Waals surface area contributed by atoms with Crippen LogP contribution in [0.5, 0.6) is 0 Å². The van der Waals surface area contributed by atoms with Crippen LogP contribution in [0, 0.1) is 5.82 Å². The fraction of sp³-hybridized carbons (Fsp3) is 0. The van der Waals surface area contributed by atoms with E-state index in [9.17, 15) is 14.0 Å². The molecule has 0 atom stereocenters. The second-order valence-electron chi connectivity index (χ2n) is 5.48. The summed E-state index contributed by atoms with van der Waals surface area (Å²) in [6.07, 6.45) is 0. The molecule has 0 spiro atoms. The number of rotatable bonds is 4. The molecule has 0 aromatic heterocycles. The van der Waals surface area contributed by atoms with Gasteiger partial charge in [-0.05, 0) is 54.6 Å². The predicted octanol–water partition coefficient (Wildman–Crippen LogP) is 4.98. The van der Waals surface area contributed by atoms with Crippen LogP contribution in [0.3, 0.4) is 0 Å². The molecule has 0 radical (unpaired) electrons. The third kappa shape index (κ3) is 4.26. The molecule has 0 aliphatic rings. The first-order valence-electron chi connectivity index (χ1n) is 7.76. The molecular formula is C20H14ClFN2O2. The van der Waals surface area contributed by atoms with E-state index in [0.717, 1.165) is 0 Å². The molecule has 0 unspecified atom stereocenters. The Morgan fingerprint density at radius 3 is 2.04 bits per heavy atom. The summed E-state index contributed by atoms with van der Waals surface area (Å²) < 4.78 is 13.7. The quantitative estimate of drug-likeness (QED) is 0.682. The van der Waals surface area contributed by atoms with Gasteiger partial charge in [0, 0.05) is 21.8 Å². The number of carbonyl (C=O) groups excluding carboxylic acids is 2. The lowest BCUT2D eigenvalue weighted by Crippen LogP contribution is -2.16. The molecular weight excluding hydrogens is 355 g/mol. The summed E-state index contributed by atoms with van der Waals surface area (Å²) in [4.78, 5) is 24.7. The fourth-order valence-electron chi connectivity index (χ4n) is 2.30. The molecule has 3 aromatic carbocycles. The molecule has 0 fully saturated rings. The van der Waals surface area contributed by atoms with Gasteiger partial charge in [-0.15, -0.1) is 0 Å². The number of halogens is 2. The molecule has 130 valence electrons. The van der Waals surface area contributed by atoms with E-state index >= 15 is 0 Å². The van der Waals surface area contributed by atoms with Crippen LogP contribution in [-0.4, -0.2) is 11.8 Å². The minimum absolute atomic E-state index is 0.0773. The molecule has 3 rings (SSSR count). The van der Waals surface area contributed by atoms with Gasteiger partial charge >= 0.3 is 0 Å². The van der Waals surface area contributed by atoms with E-state index in [1.54, 1.807) is 48.5 Å². The summed E-state index contributed by atoms with van der Waals surface area (Å²) in [6, 6.07) is 18.7. The number of benzene rings is 3. The van der Waals surface area contributed by atoms with Gasteiger partial charge in [0.05, 0.1) is 5.69 Å². The Morgan fingerprint density at radius 1 is 0.769 bits per heavy atom. The molecule has 3 aromatic rings. The van der Waals surface area contributed by atoms with Gasteiger partial charge in [0.2, 0.25) is 0 Å². The maximum Gasteiger partial charge on any atom is 0.255 e. The van der Waals surface area contributed by atoms with Crippen molar-refractivity contribution in [3.05, 3.63) is 94.8 Å². The molecule has 0 saturated carbocycles. The number of anilines is 2. The Labute approximate surface area is 154 Å². The van der Waals surface area contributed by atoms with Crippen molar-refractivity contribution < 1.29 is 14.0 Å². The smallest absolute Gasteiger partial charge is 0.255 e. The zero-order chi connectivity index (χ0) is 18.5. The van der Waals surface area contributed by atoms with Gasteiger partial charge in [-0.2, -0.15) is 0 Å². The first-order chi connectivity index (χ1) is 12.5. The number of nitrogens with one attached hydrogen (secondary N) is 2. The summed E-state index contributed by atoms with van der Waals surface area (Å²) in [5.41, 5.74) is 1.22. The summed E-state index contributed by atoms with van der Waals surface area (Å²) in [7, 11) is 0. The van der Waals surface area contributed by atoms with E-state index in [-0.39, 0.29) is 17.2 Å². The molecule has 0 bridgehead atoms. The van der Waals surface area contributed by atoms with Gasteiger partial charge in [0.15, 0.2) is 0 Å². The van der Waals surface area contributed by atoms with Gasteiger partial charge in [0.1, 0.15) is 5.82 Å². The van der Waals surface area contributed by atoms with Crippen molar-refractivity contribution in [2.24, 2.45) is 0 Å². The Kier molecular flexibility index (Phi) is 5.29. The second-order valence-corrected chi connectivity index (χ2v) is 5.91. The third-order valence-corrected chi connectivity index (χ3v) is 3.86. The lowest BCUT2D eigenvalue weighted by Gasteiger charge is -2.09. The van der Waals surface area contributed by atoms with E-state index < -0.39 is 11.7 Å². The Balaban J connectivity index is 1.75. The molecule has 0 aliphatic carbocycles. The zero-order valence-electron chi connectivity index (χ0n) is 13.5. The Morgan fingerprint density at radius 2 is 1.38 bits per heavy atom. The van der Waals surface area contributed by atoms with E-state index in [4.69, 9.17) is 11.6 Å². The molecule has 0 saturated heterocycles. The number of hydrogen-bond acceptors (Lipinski definition) is 2. The summed E-state index contributed by atoms with van der Waals surface area (Å²) >= 11 is 5.81. The SMILES string of the molecule is O=C(Nc1ccc(Cl)cc1)c1cccc(C(=O)Nc2ccccc2F)c1. The fourth-order valence-corrected chi connectivity index (χ4v) is 2.42. The highest BCUT2D eigenvalue weighted by atomic mass is 35.5.